The van der Waals surface area contributed by atoms with Crippen LogP contribution in [0.1, 0.15) is 24.8 Å². The summed E-state index contributed by atoms with van der Waals surface area (Å²) in [5.74, 6) is 0. The molecule has 2 heteroatoms. The largest absolute Gasteiger partial charge is 0.870 e. The van der Waals surface area contributed by atoms with E-state index in [0.717, 1.165) is 4.48 Å². The van der Waals surface area contributed by atoms with E-state index in [1.54, 1.807) is 5.56 Å². The second-order valence-electron chi connectivity index (χ2n) is 5.95. The Balaban J connectivity index is 0.00000128. The molecule has 0 heterocycles. The fraction of sp³-hybridized carbons (Fsp3) is 0.571. The molecule has 0 radical (unpaired) electrons. The lowest BCUT2D eigenvalue weighted by Gasteiger charge is -2.46. The quantitative estimate of drug-likeness (QED) is 0.722. The van der Waals surface area contributed by atoms with E-state index in [0.29, 0.717) is 5.41 Å². The smallest absolute Gasteiger partial charge is 0.0878 e. The van der Waals surface area contributed by atoms with Crippen LogP contribution in [0.25, 0.3) is 0 Å². The van der Waals surface area contributed by atoms with Crippen molar-refractivity contribution in [2.45, 2.75) is 24.7 Å². The lowest BCUT2D eigenvalue weighted by Crippen LogP contribution is -2.50. The molecule has 0 aliphatic heterocycles. The first kappa shape index (κ1) is 13.2. The molecule has 1 aliphatic carbocycles. The van der Waals surface area contributed by atoms with Gasteiger partial charge in [-0.25, -0.2) is 0 Å². The van der Waals surface area contributed by atoms with Crippen molar-refractivity contribution < 1.29 is 9.96 Å². The predicted molar refractivity (Wildman–Crippen MR) is 66.8 cm³/mol. The minimum Gasteiger partial charge on any atom is -0.870 e. The summed E-state index contributed by atoms with van der Waals surface area (Å²) in [5, 5.41) is 0. The molecule has 1 aliphatic rings. The van der Waals surface area contributed by atoms with E-state index in [2.05, 4.69) is 51.5 Å². The highest BCUT2D eigenvalue weighted by Gasteiger charge is 2.42. The van der Waals surface area contributed by atoms with Crippen LogP contribution in [-0.4, -0.2) is 37.6 Å². The molecule has 2 nitrogen and oxygen atoms in total. The van der Waals surface area contributed by atoms with Crippen molar-refractivity contribution in [2.24, 2.45) is 0 Å². The monoisotopic (exact) mass is 221 g/mol. The number of hydrogen-bond donors (Lipinski definition) is 0. The van der Waals surface area contributed by atoms with Gasteiger partial charge in [-0.3, -0.25) is 0 Å². The van der Waals surface area contributed by atoms with Crippen LogP contribution in [0.4, 0.5) is 0 Å². The Labute approximate surface area is 98.8 Å². The third-order valence-corrected chi connectivity index (χ3v) is 3.47. The number of hydrogen-bond acceptors (Lipinski definition) is 1. The van der Waals surface area contributed by atoms with E-state index in [-0.39, 0.29) is 5.48 Å². The first-order valence-electron chi connectivity index (χ1n) is 5.88. The van der Waals surface area contributed by atoms with Gasteiger partial charge in [0.2, 0.25) is 0 Å². The van der Waals surface area contributed by atoms with Crippen LogP contribution in [0, 0.1) is 0 Å². The number of rotatable bonds is 3. The minimum absolute atomic E-state index is 0. The van der Waals surface area contributed by atoms with Crippen LogP contribution in [0.5, 0.6) is 0 Å². The maximum absolute atomic E-state index is 2.30. The SMILES string of the molecule is C[N+](C)(C)CC1(c2ccccc2)CCC1.[OH-]. The first-order valence-corrected chi connectivity index (χ1v) is 5.88. The van der Waals surface area contributed by atoms with Gasteiger partial charge < -0.3 is 9.96 Å². The molecule has 90 valence electrons. The molecule has 1 fully saturated rings. The first-order chi connectivity index (χ1) is 7.02. The van der Waals surface area contributed by atoms with Crippen molar-refractivity contribution in [2.75, 3.05) is 27.7 Å². The Morgan fingerprint density at radius 1 is 1.06 bits per heavy atom. The topological polar surface area (TPSA) is 30.0 Å². The van der Waals surface area contributed by atoms with E-state index in [9.17, 15) is 0 Å². The van der Waals surface area contributed by atoms with Gasteiger partial charge in [0.05, 0.1) is 27.7 Å². The van der Waals surface area contributed by atoms with Crippen LogP contribution in [-0.2, 0) is 5.41 Å². The van der Waals surface area contributed by atoms with E-state index < -0.39 is 0 Å². The normalized spacial score (nSPS) is 18.4. The maximum atomic E-state index is 2.30. The number of quaternary nitrogens is 1. The molecule has 16 heavy (non-hydrogen) atoms. The molecule has 0 spiro atoms. The molecular weight excluding hydrogens is 198 g/mol. The van der Waals surface area contributed by atoms with Gasteiger partial charge >= 0.3 is 0 Å². The summed E-state index contributed by atoms with van der Waals surface area (Å²) in [6.07, 6.45) is 4.13. The van der Waals surface area contributed by atoms with E-state index in [1.165, 1.54) is 25.8 Å². The molecule has 0 aromatic heterocycles. The molecule has 1 N–H and O–H groups in total. The molecule has 1 saturated carbocycles. The average molecular weight is 221 g/mol. The molecule has 0 bridgehead atoms. The summed E-state index contributed by atoms with van der Waals surface area (Å²) in [5.41, 5.74) is 2.02. The zero-order valence-corrected chi connectivity index (χ0v) is 10.6. The molecule has 0 unspecified atom stereocenters. The lowest BCUT2D eigenvalue weighted by molar-refractivity contribution is -0.875. The van der Waals surface area contributed by atoms with E-state index in [1.807, 2.05) is 0 Å². The highest BCUT2D eigenvalue weighted by molar-refractivity contribution is 5.27. The summed E-state index contributed by atoms with van der Waals surface area (Å²) in [6.45, 7) is 1.26. The zero-order valence-electron chi connectivity index (χ0n) is 10.6. The van der Waals surface area contributed by atoms with Crippen LogP contribution < -0.4 is 0 Å². The molecule has 0 saturated heterocycles. The van der Waals surface area contributed by atoms with Crippen molar-refractivity contribution in [1.29, 1.82) is 0 Å². The van der Waals surface area contributed by atoms with Gasteiger partial charge in [0.15, 0.2) is 0 Å². The summed E-state index contributed by atoms with van der Waals surface area (Å²) in [4.78, 5) is 0. The van der Waals surface area contributed by atoms with Crippen LogP contribution in [0.3, 0.4) is 0 Å². The second kappa shape index (κ2) is 4.56. The Morgan fingerprint density at radius 3 is 2.00 bits per heavy atom. The predicted octanol–water partition coefficient (Wildman–Crippen LogP) is 2.64. The van der Waals surface area contributed by atoms with Gasteiger partial charge in [0.25, 0.3) is 0 Å². The molecule has 1 aromatic rings. The van der Waals surface area contributed by atoms with Crippen molar-refractivity contribution in [3.8, 4) is 0 Å². The lowest BCUT2D eigenvalue weighted by atomic mass is 9.64. The van der Waals surface area contributed by atoms with Gasteiger partial charge in [-0.1, -0.05) is 36.8 Å². The molecule has 0 atom stereocenters. The van der Waals surface area contributed by atoms with Crippen molar-refractivity contribution in [1.82, 2.24) is 0 Å². The summed E-state index contributed by atoms with van der Waals surface area (Å²) in [6, 6.07) is 11.1. The fourth-order valence-corrected chi connectivity index (χ4v) is 2.84. The van der Waals surface area contributed by atoms with Gasteiger partial charge in [0.1, 0.15) is 0 Å². The van der Waals surface area contributed by atoms with Crippen molar-refractivity contribution in [3.05, 3.63) is 35.9 Å². The molecule has 1 aromatic carbocycles. The summed E-state index contributed by atoms with van der Waals surface area (Å²) >= 11 is 0. The Kier molecular flexibility index (Phi) is 3.76. The third kappa shape index (κ3) is 2.63. The van der Waals surface area contributed by atoms with Crippen LogP contribution in [0.15, 0.2) is 30.3 Å². The molecule has 0 amide bonds. The maximum Gasteiger partial charge on any atom is 0.0878 e. The van der Waals surface area contributed by atoms with Crippen LogP contribution >= 0.6 is 0 Å². The Bertz CT molecular complexity index is 322. The van der Waals surface area contributed by atoms with Gasteiger partial charge in [-0.2, -0.15) is 0 Å². The third-order valence-electron chi connectivity index (χ3n) is 3.47. The molecular formula is C14H23NO. The Hall–Kier alpha value is -0.860. The summed E-state index contributed by atoms with van der Waals surface area (Å²) in [7, 11) is 6.88. The number of benzene rings is 1. The van der Waals surface area contributed by atoms with Crippen molar-refractivity contribution in [3.63, 3.8) is 0 Å². The molecule has 2 rings (SSSR count). The van der Waals surface area contributed by atoms with Crippen molar-refractivity contribution >= 4 is 0 Å². The standard InChI is InChI=1S/C14H22N.H2O/c1-15(2,3)12-14(10-7-11-14)13-8-5-4-6-9-13;/h4-6,8-9H,7,10-12H2,1-3H3;1H2/q+1;/p-1. The zero-order chi connectivity index (χ0) is 10.9. The van der Waals surface area contributed by atoms with Gasteiger partial charge in [0, 0.05) is 5.41 Å². The fourth-order valence-electron chi connectivity index (χ4n) is 2.84. The Morgan fingerprint density at radius 2 is 1.62 bits per heavy atom. The minimum atomic E-state index is 0. The average Bonchev–Trinajstić information content (AvgIpc) is 2.11. The van der Waals surface area contributed by atoms with E-state index >= 15 is 0 Å². The van der Waals surface area contributed by atoms with E-state index in [4.69, 9.17) is 0 Å². The van der Waals surface area contributed by atoms with Gasteiger partial charge in [-0.15, -0.1) is 0 Å². The van der Waals surface area contributed by atoms with Gasteiger partial charge in [-0.05, 0) is 18.4 Å². The van der Waals surface area contributed by atoms with Crippen LogP contribution in [0.2, 0.25) is 0 Å². The highest BCUT2D eigenvalue weighted by atomic mass is 16.0. The second-order valence-corrected chi connectivity index (χ2v) is 5.95. The number of likely N-dealkylation sites (N-methyl/N-ethyl adjacent to an activating group) is 1. The summed E-state index contributed by atoms with van der Waals surface area (Å²) < 4.78 is 1.06. The number of nitrogens with zero attached hydrogens (tertiary/aromatic N) is 1. The highest BCUT2D eigenvalue weighted by Crippen LogP contribution is 2.44.